The van der Waals surface area contributed by atoms with E-state index in [1.54, 1.807) is 6.92 Å². The minimum atomic E-state index is -7.00. The fourth-order valence-corrected chi connectivity index (χ4v) is 44.0. The predicted molar refractivity (Wildman–Crippen MR) is 484 cm³/mol. The molecule has 0 spiro atoms. The molecular formula is C41H116F20NO49P26+. The third kappa shape index (κ3) is 114. The second-order valence-electron chi connectivity index (χ2n) is 28.1. The van der Waals surface area contributed by atoms with Crippen molar-refractivity contribution in [1.29, 1.82) is 0 Å². The van der Waals surface area contributed by atoms with E-state index in [0.717, 1.165) is 46.7 Å². The van der Waals surface area contributed by atoms with E-state index in [-0.39, 0.29) is 58.4 Å². The van der Waals surface area contributed by atoms with E-state index in [1.807, 2.05) is 0 Å². The minimum absolute atomic E-state index is 0. The Morgan fingerprint density at radius 2 is 0.584 bits per heavy atom. The number of rotatable bonds is 29. The zero-order chi connectivity index (χ0) is 116. The van der Waals surface area contributed by atoms with Gasteiger partial charge in [0.1, 0.15) is 29.3 Å². The van der Waals surface area contributed by atoms with Crippen molar-refractivity contribution in [1.82, 2.24) is 0 Å². The number of Topliss-reactive ketones (excluding diaryl/α,β-unsaturated/α-hetero) is 2. The fourth-order valence-electron chi connectivity index (χ4n) is 4.71. The Bertz CT molecular complexity index is 4510. The maximum absolute atomic E-state index is 13.2. The topological polar surface area (TPSA) is 885 Å². The molecule has 50 nitrogen and oxygen atoms in total. The summed E-state index contributed by atoms with van der Waals surface area (Å²) in [6.45, 7) is 24.3. The molecule has 96 heteroatoms. The molecule has 20 atom stereocenters. The van der Waals surface area contributed by atoms with Crippen LogP contribution in [-0.4, -0.2) is 304 Å². The molecule has 0 heterocycles. The highest BCUT2D eigenvalue weighted by atomic mass is 31.3. The summed E-state index contributed by atoms with van der Waals surface area (Å²) in [6.07, 6.45) is 0. The van der Waals surface area contributed by atoms with Crippen LogP contribution in [0.1, 0.15) is 42.5 Å². The number of nitrogens with two attached hydrogens (primary N) is 1. The molecule has 0 bridgehead atoms. The summed E-state index contributed by atoms with van der Waals surface area (Å²) in [7, 11) is -117. The van der Waals surface area contributed by atoms with Gasteiger partial charge >= 0.3 is 127 Å². The predicted octanol–water partition coefficient (Wildman–Crippen LogP) is 22.6. The SMILES string of the molecule is C.C.CC(=O)C(C)N.CC(C)=O.CP(=O)(F)C(F)(F)P(=O)(O)F.CP(=O)(F)CP(=O)(O)F.CP(=O)(F)OP(=O)(F)C(F)(F)P(=O)(O)F.CP(=O)(F)OP(=O)(F)CP(=O)(O)F.CP(=O)(O)C(F)(F)P(=O)(O)O.CP(=O)(O)CP(=O)(O)O.CP(=O)(O)CP(C)(=O)OP(C)(C)=O.CP(=O)(O)O.CP(C)(=O)C(F)(F)P(C)(=O)O.CP(C)(=O)CP(C)(=O)O.CP(C)(=O)OP(C)(=O)C(F)(F)P(C)(=O)O.C[P+](=O)O. The van der Waals surface area contributed by atoms with E-state index in [1.165, 1.54) is 67.4 Å². The first-order chi connectivity index (χ1) is 56.0. The molecule has 0 rings (SSSR count). The summed E-state index contributed by atoms with van der Waals surface area (Å²) >= 11 is 0. The van der Waals surface area contributed by atoms with Crippen molar-refractivity contribution < 1.29 is 315 Å². The molecule has 0 fully saturated rings. The molecule has 0 aliphatic rings. The van der Waals surface area contributed by atoms with Gasteiger partial charge in [0.05, 0.1) is 19.1 Å². The second-order valence-corrected chi connectivity index (χ2v) is 88.1. The first kappa shape index (κ1) is 176. The quantitative estimate of drug-likeness (QED) is 0.0244. The summed E-state index contributed by atoms with van der Waals surface area (Å²) in [5.74, 6) is -4.57. The van der Waals surface area contributed by atoms with Crippen LogP contribution >= 0.6 is 195 Å². The molecule has 0 aliphatic heterocycles. The lowest BCUT2D eigenvalue weighted by atomic mass is 10.3. The Kier molecular flexibility index (Phi) is 81.6. The van der Waals surface area contributed by atoms with E-state index in [2.05, 4.69) is 12.9 Å². The van der Waals surface area contributed by atoms with Crippen LogP contribution in [0.3, 0.4) is 0 Å². The summed E-state index contributed by atoms with van der Waals surface area (Å²) in [5.41, 5.74) is 5.09. The van der Waals surface area contributed by atoms with Gasteiger partial charge in [-0.05, 0) is 58.9 Å². The molecule has 137 heavy (non-hydrogen) atoms. The van der Waals surface area contributed by atoms with E-state index < -0.39 is 246 Å². The van der Waals surface area contributed by atoms with E-state index in [9.17, 15) is 210 Å². The fraction of sp³-hybridized carbons (Fsp3) is 0.951. The number of alkyl halides is 10. The molecule has 0 saturated carbocycles. The van der Waals surface area contributed by atoms with Gasteiger partial charge in [0.15, 0.2) is 19.7 Å². The molecule has 20 unspecified atom stereocenters. The van der Waals surface area contributed by atoms with Crippen LogP contribution in [0.5, 0.6) is 0 Å². The van der Waals surface area contributed by atoms with E-state index >= 15 is 0 Å². The number of hydrogen-bond acceptors (Lipinski definition) is 33. The van der Waals surface area contributed by atoms with Crippen molar-refractivity contribution in [2.75, 3.05) is 176 Å². The smallest absolute Gasteiger partial charge is 0.344 e. The standard InChI is InChI=1S/C5H13F2O5P3.C5H15O5P3.C4H10F2O3P2.C4H9NO.C4H12O3P2.C3H6O.C2H4F5O5P3.C2H4F4O3P2.C2H6F3O5P3.C2H6F2O5P2.C2H6F2O3P2.C2H8O5P2.CH5O3P.CH3O2P.2CH4/c1-13(2,8)12-15(4,11)5(6,7)14(3,9)10;1-11(2,6)10-13(4,9)5-12(3,7)8;1-10(2,7)4(5,6)11(3,8)9;1-3(5)4(2)6;1-8(2,5)4-9(3,6)7;1-3(2)4;1-13(5,8)12-15(7,11)2(3,4)14(6,9)10;1-10(5,7)2(3,4)11(6,8)9;1-11(3,6)10-13(5,9)2-12(4,7)8;1-10(5,6)2(3,4)11(7,8)9;1-8(3,5)2-9(4,6)7;1-8(3,4)2-9(5,6)7;1-5(2,3)4;1-4(2)3;;/h1-4H3,(H,9,10);5H2,1-4H3,(H,7,8);1-3H3,(H,8,9);3H,5H2,1-2H3;4H2,1-3H3,(H,6,7);1-2H3;1H3,(H,9,10);1H3,(H,8,9);2H2,1H3,(H,7,8);1H3,(H,5,6)(H2,7,8,9);2H2,1H3,(H,6,7);2H2,1H3,(H,3,4)(H2,5,6,7);1H3,(H2,2,3,4);1H3;2*1H4/p+1. The molecule has 0 amide bonds. The van der Waals surface area contributed by atoms with Gasteiger partial charge in [-0.1, -0.05) is 14.9 Å². The minimum Gasteiger partial charge on any atom is -0.344 e. The largest absolute Gasteiger partial charge is 0.502 e. The Morgan fingerprint density at radius 3 is 0.672 bits per heavy atom. The number of hydrogen-bond donors (Lipinski definition) is 18. The summed E-state index contributed by atoms with van der Waals surface area (Å²) in [4.78, 5) is 157. The zero-order valence-electron chi connectivity index (χ0n) is 74.0. The van der Waals surface area contributed by atoms with Gasteiger partial charge in [-0.15, -0.1) is 0 Å². The first-order valence-electron chi connectivity index (χ1n) is 31.5. The van der Waals surface area contributed by atoms with Crippen molar-refractivity contribution >= 4 is 207 Å². The normalized spacial score (nSPS) is 20.3. The molecule has 0 aromatic rings. The average molecular weight is 2590 g/mol. The van der Waals surface area contributed by atoms with Gasteiger partial charge < -0.3 is 98.0 Å². The molecule has 0 aromatic carbocycles. The lowest BCUT2D eigenvalue weighted by molar-refractivity contribution is -0.118. The van der Waals surface area contributed by atoms with Gasteiger partial charge in [-0.25, -0.2) is 22.3 Å². The van der Waals surface area contributed by atoms with Crippen molar-refractivity contribution in [3.05, 3.63) is 0 Å². The number of halogens is 20. The van der Waals surface area contributed by atoms with Crippen molar-refractivity contribution in [2.24, 2.45) is 5.73 Å². The van der Waals surface area contributed by atoms with Crippen LogP contribution in [0.15, 0.2) is 0 Å². The first-order valence-corrected chi connectivity index (χ1v) is 84.6. The third-order valence-corrected chi connectivity index (χ3v) is 56.1. The molecular weight excluding hydrogens is 2480 g/mol. The van der Waals surface area contributed by atoms with E-state index in [4.69, 9.17) is 97.8 Å². The summed E-state index contributed by atoms with van der Waals surface area (Å²) in [5, 5.41) is -24.4. The third-order valence-electron chi connectivity index (χ3n) is 8.67. The highest BCUT2D eigenvalue weighted by Gasteiger charge is 2.70. The molecule has 0 aromatic heterocycles. The lowest BCUT2D eigenvalue weighted by Gasteiger charge is -2.26. The lowest BCUT2D eigenvalue weighted by Crippen LogP contribution is -2.23. The Morgan fingerprint density at radius 1 is 0.358 bits per heavy atom. The van der Waals surface area contributed by atoms with Crippen LogP contribution in [0.2, 0.25) is 0 Å². The van der Waals surface area contributed by atoms with Gasteiger partial charge in [-0.2, -0.15) is 90.8 Å². The van der Waals surface area contributed by atoms with Crippen LogP contribution in [0, 0.1) is 0 Å². The average Bonchev–Trinajstić information content (AvgIpc) is 0.787. The maximum atomic E-state index is 13.2. The maximum Gasteiger partial charge on any atom is 0.502 e. The van der Waals surface area contributed by atoms with Crippen LogP contribution in [-0.2, 0) is 146 Å². The Balaban J connectivity index is -0.0000000832. The molecule has 848 valence electrons. The highest BCUT2D eigenvalue weighted by Crippen LogP contribution is 2.83. The zero-order valence-corrected chi connectivity index (χ0v) is 97.3. The van der Waals surface area contributed by atoms with Crippen molar-refractivity contribution in [3.63, 3.8) is 0 Å². The molecule has 0 saturated heterocycles. The number of ketones is 2. The van der Waals surface area contributed by atoms with Gasteiger partial charge in [-0.3, -0.25) is 105 Å². The van der Waals surface area contributed by atoms with Crippen LogP contribution in [0.25, 0.3) is 0 Å². The molecule has 0 aliphatic carbocycles. The summed E-state index contributed by atoms with van der Waals surface area (Å²) < 4.78 is 528. The second kappa shape index (κ2) is 63.5. The van der Waals surface area contributed by atoms with E-state index in [0.29, 0.717) is 33.3 Å². The van der Waals surface area contributed by atoms with Crippen LogP contribution in [0.4, 0.5) is 85.9 Å². The molecule has 0 radical (unpaired) electrons. The monoisotopic (exact) mass is 2590 g/mol. The molecule has 19 N–H and O–H groups in total. The Hall–Kier alpha value is 2.91. The summed E-state index contributed by atoms with van der Waals surface area (Å²) in [6, 6.07) is -0.287. The number of carbonyl (C=O) groups excluding carboxylic acids is 2. The van der Waals surface area contributed by atoms with Crippen molar-refractivity contribution in [3.8, 4) is 0 Å². The van der Waals surface area contributed by atoms with Crippen LogP contribution < -0.4 is 5.73 Å². The van der Waals surface area contributed by atoms with Gasteiger partial charge in [0, 0.05) is 113 Å². The highest BCUT2D eigenvalue weighted by molar-refractivity contribution is 7.83. The number of carbonyl (C=O) groups is 2. The van der Waals surface area contributed by atoms with Gasteiger partial charge in [0.2, 0.25) is 44.2 Å². The Labute approximate surface area is 775 Å². The van der Waals surface area contributed by atoms with Gasteiger partial charge in [0.25, 0.3) is 36.9 Å². The van der Waals surface area contributed by atoms with Crippen molar-refractivity contribution in [2.45, 2.75) is 75.6 Å².